The Morgan fingerprint density at radius 1 is 1.19 bits per heavy atom. The quantitative estimate of drug-likeness (QED) is 0.753. The van der Waals surface area contributed by atoms with E-state index < -0.39 is 0 Å². The fourth-order valence-electron chi connectivity index (χ4n) is 3.16. The summed E-state index contributed by atoms with van der Waals surface area (Å²) in [5.74, 6) is 1.13. The van der Waals surface area contributed by atoms with Crippen molar-refractivity contribution >= 4 is 22.6 Å². The fraction of sp³-hybridized carbons (Fsp3) is 0.263. The number of fused-ring (bicyclic) bond motifs is 1. The van der Waals surface area contributed by atoms with Crippen LogP contribution in [0.1, 0.15) is 29.0 Å². The summed E-state index contributed by atoms with van der Waals surface area (Å²) in [6, 6.07) is 10.7. The van der Waals surface area contributed by atoms with Gasteiger partial charge in [0, 0.05) is 24.8 Å². The molecule has 1 aromatic carbocycles. The van der Waals surface area contributed by atoms with Crippen LogP contribution < -0.4 is 10.9 Å². The Balaban J connectivity index is 1.50. The first kappa shape index (κ1) is 16.3. The highest BCUT2D eigenvalue weighted by Gasteiger charge is 2.19. The Hall–Kier alpha value is -3.22. The fourth-order valence-corrected chi connectivity index (χ4v) is 3.16. The molecule has 1 aliphatic heterocycles. The summed E-state index contributed by atoms with van der Waals surface area (Å²) >= 11 is 0. The highest BCUT2D eigenvalue weighted by molar-refractivity contribution is 5.95. The number of nitrogens with zero attached hydrogens (tertiary/aromatic N) is 3. The molecule has 1 fully saturated rings. The van der Waals surface area contributed by atoms with Crippen molar-refractivity contribution in [3.8, 4) is 0 Å². The predicted molar refractivity (Wildman–Crippen MR) is 99.1 cm³/mol. The highest BCUT2D eigenvalue weighted by atomic mass is 16.2. The van der Waals surface area contributed by atoms with Crippen LogP contribution in [0.4, 0.5) is 5.82 Å². The molecule has 0 bridgehead atoms. The van der Waals surface area contributed by atoms with Crippen LogP contribution in [0, 0.1) is 0 Å². The van der Waals surface area contributed by atoms with Crippen molar-refractivity contribution in [3.05, 3.63) is 64.3 Å². The summed E-state index contributed by atoms with van der Waals surface area (Å²) in [6.45, 7) is 1.94. The summed E-state index contributed by atoms with van der Waals surface area (Å²) in [6.07, 6.45) is 3.73. The third kappa shape index (κ3) is 3.28. The number of amides is 1. The zero-order chi connectivity index (χ0) is 17.9. The number of aromatic nitrogens is 3. The molecule has 3 aromatic rings. The summed E-state index contributed by atoms with van der Waals surface area (Å²) in [4.78, 5) is 37.9. The van der Waals surface area contributed by atoms with E-state index in [1.165, 1.54) is 0 Å². The smallest absolute Gasteiger partial charge is 0.258 e. The zero-order valence-corrected chi connectivity index (χ0v) is 14.2. The molecule has 3 heterocycles. The van der Waals surface area contributed by atoms with Crippen LogP contribution in [0.5, 0.6) is 0 Å². The maximum Gasteiger partial charge on any atom is 0.258 e. The van der Waals surface area contributed by atoms with Crippen LogP contribution in [-0.2, 0) is 6.54 Å². The number of likely N-dealkylation sites (tertiary alicyclic amines) is 1. The average Bonchev–Trinajstić information content (AvgIpc) is 3.21. The van der Waals surface area contributed by atoms with Gasteiger partial charge in [-0.15, -0.1) is 0 Å². The van der Waals surface area contributed by atoms with Crippen molar-refractivity contribution in [3.63, 3.8) is 0 Å². The molecule has 7 heteroatoms. The molecule has 2 aromatic heterocycles. The van der Waals surface area contributed by atoms with Crippen LogP contribution in [0.25, 0.3) is 10.9 Å². The number of pyridine rings is 1. The maximum absolute atomic E-state index is 12.5. The monoisotopic (exact) mass is 349 g/mol. The van der Waals surface area contributed by atoms with E-state index in [-0.39, 0.29) is 11.5 Å². The van der Waals surface area contributed by atoms with Crippen molar-refractivity contribution in [2.24, 2.45) is 0 Å². The molecule has 0 saturated carbocycles. The summed E-state index contributed by atoms with van der Waals surface area (Å²) in [7, 11) is 0. The van der Waals surface area contributed by atoms with Crippen LogP contribution in [-0.4, -0.2) is 38.8 Å². The van der Waals surface area contributed by atoms with Gasteiger partial charge in [0.1, 0.15) is 11.6 Å². The molecule has 7 nitrogen and oxygen atoms in total. The SMILES string of the molecule is O=C(c1ccnc(NCc2nc3ccccc3c(=O)[nH]2)c1)N1CCCC1. The molecule has 4 rings (SSSR count). The minimum atomic E-state index is -0.168. The van der Waals surface area contributed by atoms with Crippen molar-refractivity contribution in [1.82, 2.24) is 19.9 Å². The lowest BCUT2D eigenvalue weighted by molar-refractivity contribution is 0.0793. The first-order valence-electron chi connectivity index (χ1n) is 8.68. The van der Waals surface area contributed by atoms with Gasteiger partial charge in [0.15, 0.2) is 0 Å². The normalized spacial score (nSPS) is 13.9. The molecule has 0 unspecified atom stereocenters. The van der Waals surface area contributed by atoms with Gasteiger partial charge < -0.3 is 15.2 Å². The van der Waals surface area contributed by atoms with Crippen molar-refractivity contribution in [1.29, 1.82) is 0 Å². The Morgan fingerprint density at radius 2 is 2.00 bits per heavy atom. The van der Waals surface area contributed by atoms with E-state index in [1.54, 1.807) is 24.4 Å². The number of H-pyrrole nitrogens is 1. The second-order valence-corrected chi connectivity index (χ2v) is 6.31. The minimum absolute atomic E-state index is 0.0326. The van der Waals surface area contributed by atoms with E-state index >= 15 is 0 Å². The van der Waals surface area contributed by atoms with Gasteiger partial charge in [-0.25, -0.2) is 9.97 Å². The standard InChI is InChI=1S/C19H19N5O2/c25-18-14-5-1-2-6-15(14)22-17(23-18)12-21-16-11-13(7-8-20-16)19(26)24-9-3-4-10-24/h1-2,5-8,11H,3-4,9-10,12H2,(H,20,21)(H,22,23,25). The number of benzene rings is 1. The topological polar surface area (TPSA) is 91.0 Å². The van der Waals surface area contributed by atoms with Crippen molar-refractivity contribution < 1.29 is 4.79 Å². The number of carbonyl (C=O) groups excluding carboxylic acids is 1. The van der Waals surface area contributed by atoms with E-state index in [0.717, 1.165) is 25.9 Å². The molecule has 132 valence electrons. The molecule has 0 radical (unpaired) electrons. The molecule has 26 heavy (non-hydrogen) atoms. The minimum Gasteiger partial charge on any atom is -0.363 e. The predicted octanol–water partition coefficient (Wildman–Crippen LogP) is 2.17. The van der Waals surface area contributed by atoms with Crippen molar-refractivity contribution in [2.45, 2.75) is 19.4 Å². The van der Waals surface area contributed by atoms with Gasteiger partial charge in [-0.1, -0.05) is 12.1 Å². The Morgan fingerprint density at radius 3 is 2.85 bits per heavy atom. The van der Waals surface area contributed by atoms with Gasteiger partial charge in [0.05, 0.1) is 17.4 Å². The number of aromatic amines is 1. The van der Waals surface area contributed by atoms with E-state index in [9.17, 15) is 9.59 Å². The van der Waals surface area contributed by atoms with Gasteiger partial charge >= 0.3 is 0 Å². The maximum atomic E-state index is 12.5. The molecule has 0 atom stereocenters. The molecule has 1 saturated heterocycles. The van der Waals surface area contributed by atoms with Crippen molar-refractivity contribution in [2.75, 3.05) is 18.4 Å². The Bertz CT molecular complexity index is 1010. The second kappa shape index (κ2) is 6.95. The van der Waals surface area contributed by atoms with Crippen LogP contribution in [0.2, 0.25) is 0 Å². The molecule has 0 aliphatic carbocycles. The number of anilines is 1. The second-order valence-electron chi connectivity index (χ2n) is 6.31. The van der Waals surface area contributed by atoms with E-state index in [2.05, 4.69) is 20.3 Å². The average molecular weight is 349 g/mol. The first-order chi connectivity index (χ1) is 12.7. The van der Waals surface area contributed by atoms with E-state index in [0.29, 0.717) is 34.7 Å². The van der Waals surface area contributed by atoms with Gasteiger partial charge in [0.25, 0.3) is 11.5 Å². The molecule has 1 amide bonds. The lowest BCUT2D eigenvalue weighted by Gasteiger charge is -2.15. The summed E-state index contributed by atoms with van der Waals surface area (Å²) in [5, 5.41) is 3.69. The highest BCUT2D eigenvalue weighted by Crippen LogP contribution is 2.15. The third-order valence-electron chi connectivity index (χ3n) is 4.50. The summed E-state index contributed by atoms with van der Waals surface area (Å²) in [5.41, 5.74) is 1.10. The van der Waals surface area contributed by atoms with Crippen LogP contribution in [0.15, 0.2) is 47.4 Å². The number of hydrogen-bond acceptors (Lipinski definition) is 5. The first-order valence-corrected chi connectivity index (χ1v) is 8.68. The lowest BCUT2D eigenvalue weighted by atomic mass is 10.2. The Labute approximate surface area is 150 Å². The third-order valence-corrected chi connectivity index (χ3v) is 4.50. The van der Waals surface area contributed by atoms with E-state index in [4.69, 9.17) is 0 Å². The van der Waals surface area contributed by atoms with E-state index in [1.807, 2.05) is 23.1 Å². The van der Waals surface area contributed by atoms with Gasteiger partial charge in [-0.2, -0.15) is 0 Å². The number of nitrogens with one attached hydrogen (secondary N) is 2. The van der Waals surface area contributed by atoms with Gasteiger partial charge in [-0.05, 0) is 37.1 Å². The molecular formula is C19H19N5O2. The molecule has 1 aliphatic rings. The van der Waals surface area contributed by atoms with Crippen LogP contribution >= 0.6 is 0 Å². The number of para-hydroxylation sites is 1. The van der Waals surface area contributed by atoms with Gasteiger partial charge in [-0.3, -0.25) is 9.59 Å². The Kier molecular flexibility index (Phi) is 4.35. The largest absolute Gasteiger partial charge is 0.363 e. The molecular weight excluding hydrogens is 330 g/mol. The summed E-state index contributed by atoms with van der Waals surface area (Å²) < 4.78 is 0. The number of hydrogen-bond donors (Lipinski definition) is 2. The molecule has 0 spiro atoms. The number of carbonyl (C=O) groups is 1. The number of rotatable bonds is 4. The van der Waals surface area contributed by atoms with Gasteiger partial charge in [0.2, 0.25) is 0 Å². The van der Waals surface area contributed by atoms with Crippen LogP contribution in [0.3, 0.4) is 0 Å². The lowest BCUT2D eigenvalue weighted by Crippen LogP contribution is -2.27. The molecule has 2 N–H and O–H groups in total. The zero-order valence-electron chi connectivity index (χ0n) is 14.2.